The van der Waals surface area contributed by atoms with E-state index in [9.17, 15) is 8.78 Å². The minimum absolute atomic E-state index is 0.201. The highest BCUT2D eigenvalue weighted by molar-refractivity contribution is 6.29. The number of alkyl halides is 2. The zero-order chi connectivity index (χ0) is 11.8. The second-order valence-electron chi connectivity index (χ2n) is 4.24. The minimum Gasteiger partial charge on any atom is -0.320 e. The third-order valence-electron chi connectivity index (χ3n) is 3.00. The van der Waals surface area contributed by atoms with Gasteiger partial charge < -0.3 is 5.73 Å². The summed E-state index contributed by atoms with van der Waals surface area (Å²) in [6, 6.07) is 0. The fourth-order valence-corrected chi connectivity index (χ4v) is 1.98. The van der Waals surface area contributed by atoms with E-state index in [0.717, 1.165) is 0 Å². The normalized spacial score (nSPS) is 23.0. The fourth-order valence-electron chi connectivity index (χ4n) is 1.89. The van der Waals surface area contributed by atoms with Gasteiger partial charge >= 0.3 is 0 Å². The molecule has 0 unspecified atom stereocenters. The van der Waals surface area contributed by atoms with E-state index in [0.29, 0.717) is 5.69 Å². The number of hydrogen-bond acceptors (Lipinski definition) is 3. The standard InChI is InChI=1S/C10H12ClF2N3/c11-8-6-15-7(5-16-8)9(14)1-3-10(12,13)4-2-9/h5-6H,1-4,14H2. The van der Waals surface area contributed by atoms with Gasteiger partial charge in [0.1, 0.15) is 5.15 Å². The van der Waals surface area contributed by atoms with Crippen molar-refractivity contribution >= 4 is 11.6 Å². The molecule has 0 aromatic carbocycles. The summed E-state index contributed by atoms with van der Waals surface area (Å²) in [5, 5.41) is 0.272. The van der Waals surface area contributed by atoms with E-state index < -0.39 is 11.5 Å². The molecular weight excluding hydrogens is 236 g/mol. The zero-order valence-electron chi connectivity index (χ0n) is 8.59. The Balaban J connectivity index is 2.18. The van der Waals surface area contributed by atoms with E-state index in [1.165, 1.54) is 12.4 Å². The molecule has 1 saturated carbocycles. The molecule has 16 heavy (non-hydrogen) atoms. The maximum absolute atomic E-state index is 13.0. The van der Waals surface area contributed by atoms with E-state index in [2.05, 4.69) is 9.97 Å². The van der Waals surface area contributed by atoms with Gasteiger partial charge in [-0.15, -0.1) is 0 Å². The SMILES string of the molecule is NC1(c2cnc(Cl)cn2)CCC(F)(F)CC1. The Labute approximate surface area is 97.0 Å². The van der Waals surface area contributed by atoms with Crippen molar-refractivity contribution in [2.45, 2.75) is 37.1 Å². The van der Waals surface area contributed by atoms with Gasteiger partial charge in [-0.2, -0.15) is 0 Å². The molecule has 0 amide bonds. The van der Waals surface area contributed by atoms with Crippen LogP contribution in [0.5, 0.6) is 0 Å². The van der Waals surface area contributed by atoms with Gasteiger partial charge in [-0.25, -0.2) is 13.8 Å². The lowest BCUT2D eigenvalue weighted by molar-refractivity contribution is -0.0519. The third-order valence-corrected chi connectivity index (χ3v) is 3.20. The Morgan fingerprint density at radius 1 is 1.12 bits per heavy atom. The molecule has 1 aromatic heterocycles. The molecule has 2 N–H and O–H groups in total. The van der Waals surface area contributed by atoms with Gasteiger partial charge in [-0.05, 0) is 12.8 Å². The number of nitrogens with two attached hydrogens (primary N) is 1. The van der Waals surface area contributed by atoms with Crippen molar-refractivity contribution in [3.8, 4) is 0 Å². The smallest absolute Gasteiger partial charge is 0.248 e. The second-order valence-corrected chi connectivity index (χ2v) is 4.62. The summed E-state index contributed by atoms with van der Waals surface area (Å²) >= 11 is 5.61. The molecule has 2 rings (SSSR count). The molecule has 0 saturated heterocycles. The van der Waals surface area contributed by atoms with Crippen LogP contribution >= 0.6 is 11.6 Å². The lowest BCUT2D eigenvalue weighted by Crippen LogP contribution is -2.44. The molecule has 88 valence electrons. The van der Waals surface area contributed by atoms with E-state index in [1.54, 1.807) is 0 Å². The van der Waals surface area contributed by atoms with Crippen LogP contribution in [0, 0.1) is 0 Å². The number of nitrogens with zero attached hydrogens (tertiary/aromatic N) is 2. The van der Waals surface area contributed by atoms with E-state index >= 15 is 0 Å². The molecule has 1 aromatic rings. The van der Waals surface area contributed by atoms with Crippen molar-refractivity contribution in [3.05, 3.63) is 23.2 Å². The minimum atomic E-state index is -2.59. The van der Waals surface area contributed by atoms with Crippen LogP contribution in [0.3, 0.4) is 0 Å². The first-order valence-corrected chi connectivity index (χ1v) is 5.44. The van der Waals surface area contributed by atoms with Crippen LogP contribution in [0.1, 0.15) is 31.4 Å². The van der Waals surface area contributed by atoms with Crippen LogP contribution in [-0.2, 0) is 5.54 Å². The molecule has 0 spiro atoms. The van der Waals surface area contributed by atoms with Crippen LogP contribution in [0.4, 0.5) is 8.78 Å². The number of hydrogen-bond donors (Lipinski definition) is 1. The van der Waals surface area contributed by atoms with Crippen LogP contribution < -0.4 is 5.73 Å². The van der Waals surface area contributed by atoms with Crippen molar-refractivity contribution in [1.29, 1.82) is 0 Å². The molecule has 0 bridgehead atoms. The number of aromatic nitrogens is 2. The lowest BCUT2D eigenvalue weighted by Gasteiger charge is -2.36. The largest absolute Gasteiger partial charge is 0.320 e. The van der Waals surface area contributed by atoms with E-state index in [1.807, 2.05) is 0 Å². The Morgan fingerprint density at radius 2 is 1.75 bits per heavy atom. The topological polar surface area (TPSA) is 51.8 Å². The summed E-state index contributed by atoms with van der Waals surface area (Å²) in [5.74, 6) is -2.59. The summed E-state index contributed by atoms with van der Waals surface area (Å²) in [6.45, 7) is 0. The highest BCUT2D eigenvalue weighted by atomic mass is 35.5. The molecule has 1 aliphatic rings. The highest BCUT2D eigenvalue weighted by Gasteiger charge is 2.42. The van der Waals surface area contributed by atoms with Crippen molar-refractivity contribution in [1.82, 2.24) is 9.97 Å². The Bertz CT molecular complexity index is 370. The first kappa shape index (κ1) is 11.7. The molecule has 6 heteroatoms. The zero-order valence-corrected chi connectivity index (χ0v) is 9.34. The second kappa shape index (κ2) is 3.89. The van der Waals surface area contributed by atoms with Gasteiger partial charge in [-0.3, -0.25) is 4.98 Å². The molecule has 0 aliphatic heterocycles. The Hall–Kier alpha value is -0.810. The van der Waals surface area contributed by atoms with Gasteiger partial charge in [0.25, 0.3) is 0 Å². The summed E-state index contributed by atoms with van der Waals surface area (Å²) in [5.41, 5.74) is 5.81. The quantitative estimate of drug-likeness (QED) is 0.830. The summed E-state index contributed by atoms with van der Waals surface area (Å²) in [4.78, 5) is 7.93. The first-order valence-electron chi connectivity index (χ1n) is 5.06. The molecule has 1 aliphatic carbocycles. The fraction of sp³-hybridized carbons (Fsp3) is 0.600. The monoisotopic (exact) mass is 247 g/mol. The molecule has 1 fully saturated rings. The average Bonchev–Trinajstić information content (AvgIpc) is 2.24. The molecule has 1 heterocycles. The van der Waals surface area contributed by atoms with E-state index in [4.69, 9.17) is 17.3 Å². The van der Waals surface area contributed by atoms with Gasteiger partial charge in [-0.1, -0.05) is 11.6 Å². The average molecular weight is 248 g/mol. The highest BCUT2D eigenvalue weighted by Crippen LogP contribution is 2.41. The van der Waals surface area contributed by atoms with Crippen molar-refractivity contribution in [3.63, 3.8) is 0 Å². The van der Waals surface area contributed by atoms with Gasteiger partial charge in [0.05, 0.1) is 23.6 Å². The Morgan fingerprint density at radius 3 is 2.25 bits per heavy atom. The van der Waals surface area contributed by atoms with Crippen LogP contribution in [0.15, 0.2) is 12.4 Å². The van der Waals surface area contributed by atoms with Gasteiger partial charge in [0.2, 0.25) is 5.92 Å². The number of halogens is 3. The van der Waals surface area contributed by atoms with Gasteiger partial charge in [0, 0.05) is 12.8 Å². The predicted molar refractivity (Wildman–Crippen MR) is 56.3 cm³/mol. The van der Waals surface area contributed by atoms with Crippen LogP contribution in [0.25, 0.3) is 0 Å². The molecule has 3 nitrogen and oxygen atoms in total. The van der Waals surface area contributed by atoms with E-state index in [-0.39, 0.29) is 30.8 Å². The molecule has 0 atom stereocenters. The Kier molecular flexibility index (Phi) is 2.84. The van der Waals surface area contributed by atoms with Gasteiger partial charge in [0.15, 0.2) is 0 Å². The third kappa shape index (κ3) is 2.30. The van der Waals surface area contributed by atoms with Crippen LogP contribution in [-0.4, -0.2) is 15.9 Å². The summed E-state index contributed by atoms with van der Waals surface area (Å²) in [6.07, 6.45) is 2.89. The maximum atomic E-state index is 13.0. The van der Waals surface area contributed by atoms with Crippen molar-refractivity contribution < 1.29 is 8.78 Å². The van der Waals surface area contributed by atoms with Crippen molar-refractivity contribution in [2.24, 2.45) is 5.73 Å². The summed E-state index contributed by atoms with van der Waals surface area (Å²) in [7, 11) is 0. The lowest BCUT2D eigenvalue weighted by atomic mass is 9.78. The summed E-state index contributed by atoms with van der Waals surface area (Å²) < 4.78 is 26.0. The molecular formula is C10H12ClF2N3. The van der Waals surface area contributed by atoms with Crippen LogP contribution in [0.2, 0.25) is 5.15 Å². The first-order chi connectivity index (χ1) is 7.41. The predicted octanol–water partition coefficient (Wildman–Crippen LogP) is 2.49. The molecule has 0 radical (unpaired) electrons. The van der Waals surface area contributed by atoms with Crippen molar-refractivity contribution in [2.75, 3.05) is 0 Å². The number of rotatable bonds is 1. The maximum Gasteiger partial charge on any atom is 0.248 e.